The first kappa shape index (κ1) is 12.4. The third-order valence-corrected chi connectivity index (χ3v) is 4.05. The molecule has 0 spiro atoms. The molecule has 2 aromatic heterocycles. The molecule has 0 fully saturated rings. The molecule has 1 aliphatic heterocycles. The van der Waals surface area contributed by atoms with Crippen molar-refractivity contribution in [2.75, 3.05) is 13.2 Å². The molecular formula is C15H12N2O3S. The molecule has 106 valence electrons. The predicted molar refractivity (Wildman–Crippen MR) is 78.7 cm³/mol. The summed E-state index contributed by atoms with van der Waals surface area (Å²) in [5.74, 6) is 2.25. The van der Waals surface area contributed by atoms with Crippen molar-refractivity contribution in [2.45, 2.75) is 6.42 Å². The van der Waals surface area contributed by atoms with E-state index in [4.69, 9.17) is 14.0 Å². The maximum atomic E-state index is 5.71. The van der Waals surface area contributed by atoms with Crippen molar-refractivity contribution in [1.29, 1.82) is 0 Å². The van der Waals surface area contributed by atoms with E-state index in [1.165, 1.54) is 11.3 Å². The second-order valence-corrected chi connectivity index (χ2v) is 5.48. The summed E-state index contributed by atoms with van der Waals surface area (Å²) in [6.07, 6.45) is 2.51. The molecule has 4 rings (SSSR count). The van der Waals surface area contributed by atoms with Crippen LogP contribution in [-0.2, 0) is 0 Å². The van der Waals surface area contributed by atoms with Gasteiger partial charge in [0.15, 0.2) is 22.3 Å². The van der Waals surface area contributed by atoms with Crippen molar-refractivity contribution in [3.63, 3.8) is 0 Å². The van der Waals surface area contributed by atoms with Crippen LogP contribution in [0.1, 0.15) is 6.42 Å². The lowest BCUT2D eigenvalue weighted by Crippen LogP contribution is -1.97. The van der Waals surface area contributed by atoms with E-state index in [1.807, 2.05) is 23.6 Å². The Morgan fingerprint density at radius 1 is 1.05 bits per heavy atom. The van der Waals surface area contributed by atoms with Gasteiger partial charge in [-0.2, -0.15) is 0 Å². The Morgan fingerprint density at radius 2 is 1.95 bits per heavy atom. The van der Waals surface area contributed by atoms with Gasteiger partial charge in [-0.3, -0.25) is 0 Å². The van der Waals surface area contributed by atoms with E-state index in [1.54, 1.807) is 12.3 Å². The molecule has 0 bridgehead atoms. The Labute approximate surface area is 125 Å². The van der Waals surface area contributed by atoms with Crippen LogP contribution in [0.2, 0.25) is 0 Å². The summed E-state index contributed by atoms with van der Waals surface area (Å²) in [6, 6.07) is 7.70. The first-order chi connectivity index (χ1) is 10.4. The Morgan fingerprint density at radius 3 is 2.81 bits per heavy atom. The van der Waals surface area contributed by atoms with Gasteiger partial charge in [0.25, 0.3) is 0 Å². The van der Waals surface area contributed by atoms with E-state index in [-0.39, 0.29) is 0 Å². The normalized spacial score (nSPS) is 13.9. The van der Waals surface area contributed by atoms with E-state index in [2.05, 4.69) is 10.1 Å². The van der Waals surface area contributed by atoms with Crippen LogP contribution in [0.15, 0.2) is 40.4 Å². The average Bonchev–Trinajstić information content (AvgIpc) is 3.14. The van der Waals surface area contributed by atoms with Gasteiger partial charge in [-0.1, -0.05) is 5.16 Å². The maximum absolute atomic E-state index is 5.71. The minimum Gasteiger partial charge on any atom is -0.490 e. The topological polar surface area (TPSA) is 57.4 Å². The lowest BCUT2D eigenvalue weighted by atomic mass is 10.1. The molecule has 0 amide bonds. The van der Waals surface area contributed by atoms with Gasteiger partial charge < -0.3 is 14.0 Å². The zero-order chi connectivity index (χ0) is 14.1. The van der Waals surface area contributed by atoms with Crippen LogP contribution in [-0.4, -0.2) is 23.4 Å². The molecule has 0 saturated carbocycles. The summed E-state index contributed by atoms with van der Waals surface area (Å²) in [6.45, 7) is 1.37. The van der Waals surface area contributed by atoms with Crippen LogP contribution in [0, 0.1) is 0 Å². The van der Waals surface area contributed by atoms with E-state index >= 15 is 0 Å². The standard InChI is InChI=1S/C15H12N2O3S/c1-6-18-12-3-2-10(8-14(12)19-7-1)11-9-21-15(17-11)13-4-5-16-20-13/h2-5,8-9H,1,6-7H2. The van der Waals surface area contributed by atoms with Crippen LogP contribution < -0.4 is 9.47 Å². The average molecular weight is 300 g/mol. The zero-order valence-corrected chi connectivity index (χ0v) is 11.9. The van der Waals surface area contributed by atoms with Crippen LogP contribution in [0.25, 0.3) is 22.0 Å². The number of fused-ring (bicyclic) bond motifs is 1. The highest BCUT2D eigenvalue weighted by Gasteiger charge is 2.14. The van der Waals surface area contributed by atoms with Crippen molar-refractivity contribution in [2.24, 2.45) is 0 Å². The second-order valence-electron chi connectivity index (χ2n) is 4.63. The molecular weight excluding hydrogens is 288 g/mol. The Bertz CT molecular complexity index is 752. The minimum absolute atomic E-state index is 0.677. The number of aromatic nitrogens is 2. The molecule has 6 heteroatoms. The van der Waals surface area contributed by atoms with E-state index < -0.39 is 0 Å². The van der Waals surface area contributed by atoms with Gasteiger partial charge in [-0.15, -0.1) is 11.3 Å². The maximum Gasteiger partial charge on any atom is 0.195 e. The van der Waals surface area contributed by atoms with Crippen LogP contribution in [0.5, 0.6) is 11.5 Å². The monoisotopic (exact) mass is 300 g/mol. The first-order valence-corrected chi connectivity index (χ1v) is 7.55. The molecule has 3 heterocycles. The van der Waals surface area contributed by atoms with Crippen LogP contribution >= 0.6 is 11.3 Å². The molecule has 21 heavy (non-hydrogen) atoms. The summed E-state index contributed by atoms with van der Waals surface area (Å²) in [5.41, 5.74) is 1.89. The molecule has 0 saturated heterocycles. The zero-order valence-electron chi connectivity index (χ0n) is 11.1. The summed E-state index contributed by atoms with van der Waals surface area (Å²) in [7, 11) is 0. The Hall–Kier alpha value is -2.34. The summed E-state index contributed by atoms with van der Waals surface area (Å²) in [5, 5.41) is 6.52. The van der Waals surface area contributed by atoms with Gasteiger partial charge in [0.05, 0.1) is 25.1 Å². The number of ether oxygens (including phenoxy) is 2. The fraction of sp³-hybridized carbons (Fsp3) is 0.200. The molecule has 0 atom stereocenters. The SMILES string of the molecule is c1cc(-c2nc(-c3ccc4c(c3)OCCCO4)cs2)on1. The molecule has 0 aliphatic carbocycles. The molecule has 0 N–H and O–H groups in total. The highest BCUT2D eigenvalue weighted by Crippen LogP contribution is 2.35. The first-order valence-electron chi connectivity index (χ1n) is 6.67. The van der Waals surface area contributed by atoms with Crippen LogP contribution in [0.4, 0.5) is 0 Å². The van der Waals surface area contributed by atoms with Crippen molar-refractivity contribution in [3.05, 3.63) is 35.8 Å². The van der Waals surface area contributed by atoms with Crippen molar-refractivity contribution in [1.82, 2.24) is 10.1 Å². The van der Waals surface area contributed by atoms with Gasteiger partial charge in [0.2, 0.25) is 0 Å². The fourth-order valence-electron chi connectivity index (χ4n) is 2.17. The third kappa shape index (κ3) is 2.38. The fourth-order valence-corrected chi connectivity index (χ4v) is 2.95. The lowest BCUT2D eigenvalue weighted by Gasteiger charge is -2.08. The highest BCUT2D eigenvalue weighted by molar-refractivity contribution is 7.13. The van der Waals surface area contributed by atoms with Gasteiger partial charge in [-0.25, -0.2) is 4.98 Å². The lowest BCUT2D eigenvalue weighted by molar-refractivity contribution is 0.297. The molecule has 0 radical (unpaired) electrons. The molecule has 1 aliphatic rings. The van der Waals surface area contributed by atoms with Gasteiger partial charge in [0.1, 0.15) is 0 Å². The highest BCUT2D eigenvalue weighted by atomic mass is 32.1. The third-order valence-electron chi connectivity index (χ3n) is 3.20. The summed E-state index contributed by atoms with van der Waals surface area (Å²) < 4.78 is 16.5. The molecule has 0 unspecified atom stereocenters. The predicted octanol–water partition coefficient (Wildman–Crippen LogP) is 3.63. The second kappa shape index (κ2) is 5.21. The molecule has 1 aromatic carbocycles. The number of rotatable bonds is 2. The smallest absolute Gasteiger partial charge is 0.195 e. The van der Waals surface area contributed by atoms with E-state index in [0.717, 1.165) is 34.2 Å². The largest absolute Gasteiger partial charge is 0.490 e. The summed E-state index contributed by atoms with van der Waals surface area (Å²) >= 11 is 1.53. The van der Waals surface area contributed by atoms with Crippen molar-refractivity contribution in [3.8, 4) is 33.5 Å². The Balaban J connectivity index is 1.69. The number of thiazole rings is 1. The minimum atomic E-state index is 0.677. The van der Waals surface area contributed by atoms with E-state index in [9.17, 15) is 0 Å². The van der Waals surface area contributed by atoms with Crippen molar-refractivity contribution >= 4 is 11.3 Å². The molecule has 5 nitrogen and oxygen atoms in total. The number of hydrogen-bond acceptors (Lipinski definition) is 6. The molecule has 3 aromatic rings. The Kier molecular flexibility index (Phi) is 3.08. The number of hydrogen-bond donors (Lipinski definition) is 0. The summed E-state index contributed by atoms with van der Waals surface area (Å²) in [4.78, 5) is 4.58. The number of benzene rings is 1. The van der Waals surface area contributed by atoms with E-state index in [0.29, 0.717) is 19.0 Å². The van der Waals surface area contributed by atoms with Crippen LogP contribution in [0.3, 0.4) is 0 Å². The number of nitrogens with zero attached hydrogens (tertiary/aromatic N) is 2. The van der Waals surface area contributed by atoms with Gasteiger partial charge in [0, 0.05) is 23.4 Å². The van der Waals surface area contributed by atoms with Crippen molar-refractivity contribution < 1.29 is 14.0 Å². The van der Waals surface area contributed by atoms with Gasteiger partial charge in [-0.05, 0) is 18.2 Å². The quantitative estimate of drug-likeness (QED) is 0.723. The van der Waals surface area contributed by atoms with Gasteiger partial charge >= 0.3 is 0 Å².